The van der Waals surface area contributed by atoms with Gasteiger partial charge in [-0.3, -0.25) is 14.5 Å². The van der Waals surface area contributed by atoms with Crippen molar-refractivity contribution in [3.05, 3.63) is 34.9 Å². The highest BCUT2D eigenvalue weighted by Gasteiger charge is 2.22. The molecule has 1 aromatic carbocycles. The van der Waals surface area contributed by atoms with Gasteiger partial charge in [0.2, 0.25) is 11.8 Å². The Morgan fingerprint density at radius 3 is 2.56 bits per heavy atom. The van der Waals surface area contributed by atoms with E-state index in [0.717, 1.165) is 38.0 Å². The van der Waals surface area contributed by atoms with Crippen molar-refractivity contribution in [1.82, 2.24) is 20.4 Å². The highest BCUT2D eigenvalue weighted by Crippen LogP contribution is 2.21. The molecule has 27 heavy (non-hydrogen) atoms. The highest BCUT2D eigenvalue weighted by molar-refractivity contribution is 6.31. The third-order valence-electron chi connectivity index (χ3n) is 4.88. The van der Waals surface area contributed by atoms with Gasteiger partial charge in [-0.2, -0.15) is 0 Å². The van der Waals surface area contributed by atoms with Gasteiger partial charge in [0.15, 0.2) is 0 Å². The van der Waals surface area contributed by atoms with E-state index >= 15 is 0 Å². The Labute approximate surface area is 167 Å². The van der Waals surface area contributed by atoms with Gasteiger partial charge in [-0.15, -0.1) is 0 Å². The molecular weight excluding hydrogens is 364 g/mol. The van der Waals surface area contributed by atoms with E-state index in [4.69, 9.17) is 11.6 Å². The quantitative estimate of drug-likeness (QED) is 0.629. The molecule has 0 aromatic heterocycles. The zero-order chi connectivity index (χ0) is 19.6. The summed E-state index contributed by atoms with van der Waals surface area (Å²) in [4.78, 5) is 28.3. The number of nitrogens with one attached hydrogen (secondary N) is 2. The van der Waals surface area contributed by atoms with Gasteiger partial charge < -0.3 is 15.5 Å². The first-order valence-electron chi connectivity index (χ1n) is 9.76. The van der Waals surface area contributed by atoms with Gasteiger partial charge in [0.1, 0.15) is 0 Å². The molecule has 0 bridgehead atoms. The zero-order valence-electron chi connectivity index (χ0n) is 16.3. The molecule has 2 amide bonds. The molecule has 0 saturated carbocycles. The molecule has 1 atom stereocenters. The zero-order valence-corrected chi connectivity index (χ0v) is 17.1. The molecule has 6 nitrogen and oxygen atoms in total. The SMILES string of the molecule is CCCCNC(=O)CN1CCN(C(=O)CN[C@H](C)c2ccccc2Cl)CC1. The maximum Gasteiger partial charge on any atom is 0.236 e. The van der Waals surface area contributed by atoms with Crippen molar-refractivity contribution < 1.29 is 9.59 Å². The summed E-state index contributed by atoms with van der Waals surface area (Å²) in [5.74, 6) is 0.152. The van der Waals surface area contributed by atoms with Crippen LogP contribution in [0.2, 0.25) is 5.02 Å². The van der Waals surface area contributed by atoms with Crippen molar-refractivity contribution in [1.29, 1.82) is 0 Å². The minimum Gasteiger partial charge on any atom is -0.355 e. The van der Waals surface area contributed by atoms with Gasteiger partial charge >= 0.3 is 0 Å². The second-order valence-corrected chi connectivity index (χ2v) is 7.39. The molecule has 1 aliphatic heterocycles. The molecule has 1 aliphatic rings. The maximum absolute atomic E-state index is 12.5. The summed E-state index contributed by atoms with van der Waals surface area (Å²) in [7, 11) is 0. The summed E-state index contributed by atoms with van der Waals surface area (Å²) in [6.07, 6.45) is 2.08. The lowest BCUT2D eigenvalue weighted by atomic mass is 10.1. The summed E-state index contributed by atoms with van der Waals surface area (Å²) >= 11 is 6.21. The van der Waals surface area contributed by atoms with E-state index in [2.05, 4.69) is 22.5 Å². The van der Waals surface area contributed by atoms with Crippen LogP contribution in [0.25, 0.3) is 0 Å². The van der Waals surface area contributed by atoms with Crippen LogP contribution in [0.3, 0.4) is 0 Å². The van der Waals surface area contributed by atoms with E-state index in [1.54, 1.807) is 0 Å². The number of amides is 2. The van der Waals surface area contributed by atoms with Crippen LogP contribution in [0.15, 0.2) is 24.3 Å². The van der Waals surface area contributed by atoms with Crippen molar-refractivity contribution in [2.75, 3.05) is 45.8 Å². The van der Waals surface area contributed by atoms with Crippen LogP contribution in [0.4, 0.5) is 0 Å². The number of benzene rings is 1. The molecule has 2 rings (SSSR count). The summed E-state index contributed by atoms with van der Waals surface area (Å²) in [5, 5.41) is 6.90. The lowest BCUT2D eigenvalue weighted by Crippen LogP contribution is -2.52. The Kier molecular flexibility index (Phi) is 9.04. The van der Waals surface area contributed by atoms with Gasteiger partial charge in [0, 0.05) is 43.8 Å². The molecule has 1 heterocycles. The summed E-state index contributed by atoms with van der Waals surface area (Å²) in [5.41, 5.74) is 0.992. The predicted molar refractivity (Wildman–Crippen MR) is 109 cm³/mol. The number of unbranched alkanes of at least 4 members (excludes halogenated alkanes) is 1. The Hall–Kier alpha value is -1.63. The first-order chi connectivity index (χ1) is 13.0. The Bertz CT molecular complexity index is 618. The van der Waals surface area contributed by atoms with E-state index in [-0.39, 0.29) is 24.4 Å². The number of carbonyl (C=O) groups is 2. The number of hydrogen-bond acceptors (Lipinski definition) is 4. The minimum absolute atomic E-state index is 0.00996. The fourth-order valence-electron chi connectivity index (χ4n) is 3.11. The average Bonchev–Trinajstić information content (AvgIpc) is 2.67. The first kappa shape index (κ1) is 21.7. The molecular formula is C20H31ClN4O2. The van der Waals surface area contributed by atoms with Crippen molar-refractivity contribution in [2.24, 2.45) is 0 Å². The fraction of sp³-hybridized carbons (Fsp3) is 0.600. The average molecular weight is 395 g/mol. The highest BCUT2D eigenvalue weighted by atomic mass is 35.5. The van der Waals surface area contributed by atoms with Crippen LogP contribution in [-0.2, 0) is 9.59 Å². The number of piperazine rings is 1. The van der Waals surface area contributed by atoms with Crippen LogP contribution in [-0.4, -0.2) is 67.4 Å². The fourth-order valence-corrected chi connectivity index (χ4v) is 3.41. The molecule has 7 heteroatoms. The molecule has 1 aromatic rings. The molecule has 1 fully saturated rings. The number of carbonyl (C=O) groups excluding carboxylic acids is 2. The predicted octanol–water partition coefficient (Wildman–Crippen LogP) is 2.05. The van der Waals surface area contributed by atoms with Gasteiger partial charge in [-0.25, -0.2) is 0 Å². The molecule has 150 valence electrons. The smallest absolute Gasteiger partial charge is 0.236 e. The van der Waals surface area contributed by atoms with Crippen LogP contribution in [0.5, 0.6) is 0 Å². The third kappa shape index (κ3) is 7.13. The molecule has 2 N–H and O–H groups in total. The Morgan fingerprint density at radius 2 is 1.89 bits per heavy atom. The Balaban J connectivity index is 1.69. The number of hydrogen-bond donors (Lipinski definition) is 2. The number of rotatable bonds is 9. The van der Waals surface area contributed by atoms with Gasteiger partial charge in [0.05, 0.1) is 13.1 Å². The summed E-state index contributed by atoms with van der Waals surface area (Å²) < 4.78 is 0. The lowest BCUT2D eigenvalue weighted by molar-refractivity contribution is -0.132. The van der Waals surface area contributed by atoms with Crippen LogP contribution in [0, 0.1) is 0 Å². The normalized spacial score (nSPS) is 16.2. The van der Waals surface area contributed by atoms with Crippen LogP contribution < -0.4 is 10.6 Å². The molecule has 0 spiro atoms. The first-order valence-corrected chi connectivity index (χ1v) is 10.1. The topological polar surface area (TPSA) is 64.7 Å². The minimum atomic E-state index is 0.00996. The lowest BCUT2D eigenvalue weighted by Gasteiger charge is -2.34. The van der Waals surface area contributed by atoms with Crippen LogP contribution >= 0.6 is 11.6 Å². The van der Waals surface area contributed by atoms with Crippen molar-refractivity contribution in [2.45, 2.75) is 32.7 Å². The summed E-state index contributed by atoms with van der Waals surface area (Å²) in [6.45, 7) is 8.31. The standard InChI is InChI=1S/C20H31ClN4O2/c1-3-4-9-22-19(26)15-24-10-12-25(13-11-24)20(27)14-23-16(2)17-7-5-6-8-18(17)21/h5-8,16,23H,3-4,9-15H2,1-2H3,(H,22,26)/t16-/m1/s1. The van der Waals surface area contributed by atoms with Gasteiger partial charge in [-0.1, -0.05) is 43.1 Å². The molecule has 0 unspecified atom stereocenters. The van der Waals surface area contributed by atoms with Crippen LogP contribution in [0.1, 0.15) is 38.3 Å². The van der Waals surface area contributed by atoms with Crippen molar-refractivity contribution >= 4 is 23.4 Å². The summed E-state index contributed by atoms with van der Waals surface area (Å²) in [6, 6.07) is 7.67. The molecule has 0 aliphatic carbocycles. The Morgan fingerprint density at radius 1 is 1.19 bits per heavy atom. The van der Waals surface area contributed by atoms with E-state index in [1.807, 2.05) is 36.1 Å². The van der Waals surface area contributed by atoms with Crippen molar-refractivity contribution in [3.8, 4) is 0 Å². The van der Waals surface area contributed by atoms with Crippen molar-refractivity contribution in [3.63, 3.8) is 0 Å². The van der Waals surface area contributed by atoms with Gasteiger partial charge in [-0.05, 0) is 25.0 Å². The monoisotopic (exact) mass is 394 g/mol. The second-order valence-electron chi connectivity index (χ2n) is 6.98. The van der Waals surface area contributed by atoms with E-state index in [9.17, 15) is 9.59 Å². The van der Waals surface area contributed by atoms with E-state index in [1.165, 1.54) is 0 Å². The second kappa shape index (κ2) is 11.3. The van der Waals surface area contributed by atoms with E-state index in [0.29, 0.717) is 24.7 Å². The molecule has 1 saturated heterocycles. The van der Waals surface area contributed by atoms with E-state index < -0.39 is 0 Å². The molecule has 0 radical (unpaired) electrons. The largest absolute Gasteiger partial charge is 0.355 e. The third-order valence-corrected chi connectivity index (χ3v) is 5.22. The number of halogens is 1. The maximum atomic E-state index is 12.5. The number of nitrogens with zero attached hydrogens (tertiary/aromatic N) is 2. The van der Waals surface area contributed by atoms with Gasteiger partial charge in [0.25, 0.3) is 0 Å².